The number of rotatable bonds is 2. The van der Waals surface area contributed by atoms with E-state index in [1.807, 2.05) is 21.6 Å². The van der Waals surface area contributed by atoms with Gasteiger partial charge in [0.15, 0.2) is 0 Å². The van der Waals surface area contributed by atoms with Crippen LogP contribution in [0.1, 0.15) is 27.2 Å². The van der Waals surface area contributed by atoms with E-state index in [-0.39, 0.29) is 0 Å². The molecule has 1 unspecified atom stereocenters. The van der Waals surface area contributed by atoms with Crippen LogP contribution in [0.2, 0.25) is 0 Å². The lowest BCUT2D eigenvalue weighted by atomic mass is 10.1. The van der Waals surface area contributed by atoms with Crippen LogP contribution in [0.15, 0.2) is 0 Å². The maximum Gasteiger partial charge on any atom is 0.0292 e. The third-order valence-electron chi connectivity index (χ3n) is 2.35. The standard InChI is InChI=1S/C7H14S2/c1-6(2)5-7(6,3)9-8-4/h5H2,1-4H3. The van der Waals surface area contributed by atoms with Crippen molar-refractivity contribution < 1.29 is 0 Å². The minimum absolute atomic E-state index is 0.576. The van der Waals surface area contributed by atoms with Crippen molar-refractivity contribution in [2.45, 2.75) is 31.9 Å². The first-order chi connectivity index (χ1) is 4.02. The summed E-state index contributed by atoms with van der Waals surface area (Å²) < 4.78 is 0.576. The molecule has 0 N–H and O–H groups in total. The van der Waals surface area contributed by atoms with Gasteiger partial charge in [-0.05, 0) is 25.0 Å². The molecule has 0 aromatic heterocycles. The Kier molecular flexibility index (Phi) is 1.81. The molecule has 0 saturated heterocycles. The Morgan fingerprint density at radius 2 is 1.67 bits per heavy atom. The van der Waals surface area contributed by atoms with Gasteiger partial charge in [-0.3, -0.25) is 0 Å². The van der Waals surface area contributed by atoms with E-state index in [4.69, 9.17) is 0 Å². The van der Waals surface area contributed by atoms with Gasteiger partial charge in [0.1, 0.15) is 0 Å². The molecule has 1 fully saturated rings. The SMILES string of the molecule is CSSC1(C)CC1(C)C. The predicted molar refractivity (Wildman–Crippen MR) is 47.9 cm³/mol. The molecule has 0 amide bonds. The first kappa shape index (κ1) is 7.80. The van der Waals surface area contributed by atoms with Crippen LogP contribution in [0.5, 0.6) is 0 Å². The fourth-order valence-corrected chi connectivity index (χ4v) is 4.10. The highest BCUT2D eigenvalue weighted by molar-refractivity contribution is 8.77. The normalized spacial score (nSPS) is 38.7. The van der Waals surface area contributed by atoms with Crippen LogP contribution in [0.4, 0.5) is 0 Å². The van der Waals surface area contributed by atoms with E-state index in [0.717, 1.165) is 0 Å². The molecule has 1 atom stereocenters. The molecule has 0 aliphatic heterocycles. The maximum atomic E-state index is 2.36. The Balaban J connectivity index is 2.42. The minimum Gasteiger partial charge on any atom is -0.0970 e. The maximum absolute atomic E-state index is 2.36. The second kappa shape index (κ2) is 2.09. The van der Waals surface area contributed by atoms with Crippen molar-refractivity contribution >= 4 is 21.6 Å². The van der Waals surface area contributed by atoms with Gasteiger partial charge >= 0.3 is 0 Å². The van der Waals surface area contributed by atoms with E-state index in [1.165, 1.54) is 6.42 Å². The van der Waals surface area contributed by atoms with E-state index in [2.05, 4.69) is 27.0 Å². The summed E-state index contributed by atoms with van der Waals surface area (Å²) in [7, 11) is 3.91. The minimum atomic E-state index is 0.576. The van der Waals surface area contributed by atoms with E-state index in [0.29, 0.717) is 10.2 Å². The van der Waals surface area contributed by atoms with E-state index < -0.39 is 0 Å². The van der Waals surface area contributed by atoms with Crippen molar-refractivity contribution in [1.82, 2.24) is 0 Å². The summed E-state index contributed by atoms with van der Waals surface area (Å²) in [5.74, 6) is 0. The van der Waals surface area contributed by atoms with Crippen molar-refractivity contribution in [1.29, 1.82) is 0 Å². The molecule has 9 heavy (non-hydrogen) atoms. The summed E-state index contributed by atoms with van der Waals surface area (Å²) in [5, 5.41) is 0. The Bertz CT molecular complexity index is 120. The lowest BCUT2D eigenvalue weighted by Gasteiger charge is -2.10. The zero-order valence-corrected chi connectivity index (χ0v) is 8.16. The molecule has 0 heterocycles. The van der Waals surface area contributed by atoms with Crippen molar-refractivity contribution in [3.8, 4) is 0 Å². The second-order valence-electron chi connectivity index (χ2n) is 3.54. The molecule has 0 spiro atoms. The number of hydrogen-bond acceptors (Lipinski definition) is 2. The van der Waals surface area contributed by atoms with Gasteiger partial charge in [-0.1, -0.05) is 35.4 Å². The van der Waals surface area contributed by atoms with Crippen LogP contribution >= 0.6 is 21.6 Å². The van der Waals surface area contributed by atoms with Gasteiger partial charge in [0.2, 0.25) is 0 Å². The second-order valence-corrected chi connectivity index (χ2v) is 6.44. The first-order valence-corrected chi connectivity index (χ1v) is 5.79. The fraction of sp³-hybridized carbons (Fsp3) is 1.00. The molecule has 0 aromatic carbocycles. The van der Waals surface area contributed by atoms with Crippen molar-refractivity contribution in [3.05, 3.63) is 0 Å². The third kappa shape index (κ3) is 1.25. The molecule has 0 aromatic rings. The molecule has 0 bridgehead atoms. The highest BCUT2D eigenvalue weighted by Gasteiger charge is 2.57. The third-order valence-corrected chi connectivity index (χ3v) is 5.19. The molecule has 1 aliphatic carbocycles. The van der Waals surface area contributed by atoms with Gasteiger partial charge < -0.3 is 0 Å². The summed E-state index contributed by atoms with van der Waals surface area (Å²) in [4.78, 5) is 0. The highest BCUT2D eigenvalue weighted by Crippen LogP contribution is 2.66. The Hall–Kier alpha value is 0.700. The van der Waals surface area contributed by atoms with Gasteiger partial charge in [-0.15, -0.1) is 0 Å². The first-order valence-electron chi connectivity index (χ1n) is 3.24. The smallest absolute Gasteiger partial charge is 0.0292 e. The molecule has 0 radical (unpaired) electrons. The Morgan fingerprint density at radius 1 is 1.22 bits per heavy atom. The van der Waals surface area contributed by atoms with Gasteiger partial charge in [0.25, 0.3) is 0 Å². The summed E-state index contributed by atoms with van der Waals surface area (Å²) in [6.45, 7) is 7.04. The van der Waals surface area contributed by atoms with Gasteiger partial charge in [-0.2, -0.15) is 0 Å². The largest absolute Gasteiger partial charge is 0.0970 e. The van der Waals surface area contributed by atoms with Crippen molar-refractivity contribution in [2.24, 2.45) is 5.41 Å². The van der Waals surface area contributed by atoms with Crippen molar-refractivity contribution in [3.63, 3.8) is 0 Å². The zero-order chi connectivity index (χ0) is 7.12. The van der Waals surface area contributed by atoms with Crippen LogP contribution in [-0.4, -0.2) is 11.0 Å². The van der Waals surface area contributed by atoms with E-state index in [1.54, 1.807) is 0 Å². The molecule has 0 nitrogen and oxygen atoms in total. The van der Waals surface area contributed by atoms with Gasteiger partial charge in [-0.25, -0.2) is 0 Å². The molecule has 1 saturated carbocycles. The summed E-state index contributed by atoms with van der Waals surface area (Å²) >= 11 is 0. The topological polar surface area (TPSA) is 0 Å². The van der Waals surface area contributed by atoms with E-state index >= 15 is 0 Å². The molecule has 1 rings (SSSR count). The van der Waals surface area contributed by atoms with E-state index in [9.17, 15) is 0 Å². The lowest BCUT2D eigenvalue weighted by molar-refractivity contribution is 0.609. The molecule has 54 valence electrons. The summed E-state index contributed by atoms with van der Waals surface area (Å²) in [6.07, 6.45) is 3.54. The summed E-state index contributed by atoms with van der Waals surface area (Å²) in [5.41, 5.74) is 0.598. The average Bonchev–Trinajstić information content (AvgIpc) is 2.07. The quantitative estimate of drug-likeness (QED) is 0.572. The molecular formula is C7H14S2. The van der Waals surface area contributed by atoms with Gasteiger partial charge in [0.05, 0.1) is 0 Å². The van der Waals surface area contributed by atoms with Crippen LogP contribution in [-0.2, 0) is 0 Å². The zero-order valence-electron chi connectivity index (χ0n) is 6.52. The highest BCUT2D eigenvalue weighted by atomic mass is 33.1. The molecule has 1 aliphatic rings. The molecule has 2 heteroatoms. The van der Waals surface area contributed by atoms with Crippen LogP contribution in [0.3, 0.4) is 0 Å². The fourth-order valence-electron chi connectivity index (χ4n) is 1.13. The number of hydrogen-bond donors (Lipinski definition) is 0. The van der Waals surface area contributed by atoms with Crippen LogP contribution in [0, 0.1) is 5.41 Å². The average molecular weight is 162 g/mol. The van der Waals surface area contributed by atoms with Crippen molar-refractivity contribution in [2.75, 3.05) is 6.26 Å². The molecular weight excluding hydrogens is 148 g/mol. The Labute approximate surface area is 65.6 Å². The monoisotopic (exact) mass is 162 g/mol. The predicted octanol–water partition coefficient (Wildman–Crippen LogP) is 3.19. The van der Waals surface area contributed by atoms with Gasteiger partial charge in [0, 0.05) is 4.75 Å². The van der Waals surface area contributed by atoms with Crippen LogP contribution in [0.25, 0.3) is 0 Å². The van der Waals surface area contributed by atoms with Crippen LogP contribution < -0.4 is 0 Å². The summed E-state index contributed by atoms with van der Waals surface area (Å²) in [6, 6.07) is 0. The Morgan fingerprint density at radius 3 is 1.78 bits per heavy atom. The lowest BCUT2D eigenvalue weighted by Crippen LogP contribution is -2.03.